The van der Waals surface area contributed by atoms with Crippen molar-refractivity contribution in [2.45, 2.75) is 74.3 Å². The van der Waals surface area contributed by atoms with Crippen molar-refractivity contribution in [2.75, 3.05) is 13.1 Å². The summed E-state index contributed by atoms with van der Waals surface area (Å²) in [5.74, 6) is -0.286. The number of carbonyl (C=O) groups is 2. The fraction of sp³-hybridized carbons (Fsp3) is 0.560. The molecule has 9 nitrogen and oxygen atoms in total. The number of rotatable bonds is 5. The van der Waals surface area contributed by atoms with Crippen molar-refractivity contribution in [3.05, 3.63) is 47.0 Å². The molecular weight excluding hydrogens is 529 g/mol. The standard InChI is InChI=1S/C25H26ClF3N4O5/c26-14-3-4-19-16(6-14)18(34)7-20(37-19)21(35)31-23-10-24(11-23,12-23)33-9-17(30-13-33)22(36)32-5-1-2-15(8-32)38-25(27,28)29/h3-4,6,9,13,15,18,20,34H,1-2,5,7-8,10-12H2,(H,31,35)/t15-,18-,20-,23?,24?/m1/s1. The van der Waals surface area contributed by atoms with Gasteiger partial charge in [-0.05, 0) is 50.3 Å². The average molecular weight is 555 g/mol. The summed E-state index contributed by atoms with van der Waals surface area (Å²) >= 11 is 5.99. The first-order valence-corrected chi connectivity index (χ1v) is 12.9. The van der Waals surface area contributed by atoms with Crippen LogP contribution in [0.5, 0.6) is 5.75 Å². The topological polar surface area (TPSA) is 106 Å². The molecule has 0 radical (unpaired) electrons. The van der Waals surface area contributed by atoms with Crippen LogP contribution in [0.15, 0.2) is 30.7 Å². The quantitative estimate of drug-likeness (QED) is 0.587. The largest absolute Gasteiger partial charge is 0.522 e. The van der Waals surface area contributed by atoms with Gasteiger partial charge in [-0.15, -0.1) is 13.2 Å². The summed E-state index contributed by atoms with van der Waals surface area (Å²) in [5.41, 5.74) is 0.0851. The van der Waals surface area contributed by atoms with E-state index >= 15 is 0 Å². The Morgan fingerprint density at radius 1 is 1.26 bits per heavy atom. The van der Waals surface area contributed by atoms with Crippen LogP contribution in [0.25, 0.3) is 0 Å². The Labute approximate surface area is 220 Å². The highest BCUT2D eigenvalue weighted by Crippen LogP contribution is 2.65. The second-order valence-corrected chi connectivity index (χ2v) is 11.2. The third kappa shape index (κ3) is 4.52. The highest BCUT2D eigenvalue weighted by Gasteiger charge is 2.70. The minimum Gasteiger partial charge on any atom is -0.480 e. The maximum absolute atomic E-state index is 13.0. The maximum Gasteiger partial charge on any atom is 0.522 e. The Balaban J connectivity index is 1.04. The molecule has 4 fully saturated rings. The number of benzene rings is 1. The fourth-order valence-corrected chi connectivity index (χ4v) is 6.50. The third-order valence-electron chi connectivity index (χ3n) is 8.04. The average Bonchev–Trinajstić information content (AvgIpc) is 3.29. The van der Waals surface area contributed by atoms with Gasteiger partial charge in [0.2, 0.25) is 0 Å². The molecule has 0 unspecified atom stereocenters. The van der Waals surface area contributed by atoms with E-state index in [4.69, 9.17) is 16.3 Å². The summed E-state index contributed by atoms with van der Waals surface area (Å²) in [6.45, 7) is 0.208. The number of imidazole rings is 1. The summed E-state index contributed by atoms with van der Waals surface area (Å²) in [6, 6.07) is 4.91. The number of aromatic nitrogens is 2. The van der Waals surface area contributed by atoms with Crippen LogP contribution in [0.3, 0.4) is 0 Å². The van der Waals surface area contributed by atoms with Gasteiger partial charge in [0.1, 0.15) is 11.4 Å². The molecule has 1 aromatic heterocycles. The number of hydrogen-bond acceptors (Lipinski definition) is 6. The summed E-state index contributed by atoms with van der Waals surface area (Å²) in [7, 11) is 0. The number of halogens is 4. The van der Waals surface area contributed by atoms with Gasteiger partial charge in [0.05, 0.1) is 24.1 Å². The number of likely N-dealkylation sites (tertiary alicyclic amines) is 1. The van der Waals surface area contributed by atoms with Crippen molar-refractivity contribution < 1.29 is 37.3 Å². The number of ether oxygens (including phenoxy) is 2. The normalized spacial score (nSPS) is 31.9. The molecule has 0 spiro atoms. The Bertz CT molecular complexity index is 1260. The Morgan fingerprint density at radius 3 is 2.76 bits per heavy atom. The summed E-state index contributed by atoms with van der Waals surface area (Å²) in [5, 5.41) is 14.0. The molecule has 3 heterocycles. The Hall–Kier alpha value is -2.83. The molecule has 2 aromatic rings. The molecule has 3 saturated carbocycles. The van der Waals surface area contributed by atoms with Crippen LogP contribution < -0.4 is 10.1 Å². The molecule has 7 rings (SSSR count). The van der Waals surface area contributed by atoms with Gasteiger partial charge in [0.25, 0.3) is 11.8 Å². The molecule has 3 atom stereocenters. The van der Waals surface area contributed by atoms with Gasteiger partial charge in [-0.2, -0.15) is 0 Å². The molecule has 2 amide bonds. The summed E-state index contributed by atoms with van der Waals surface area (Å²) < 4.78 is 49.6. The first-order chi connectivity index (χ1) is 17.9. The molecule has 204 valence electrons. The van der Waals surface area contributed by atoms with Crippen LogP contribution in [0.1, 0.15) is 60.7 Å². The van der Waals surface area contributed by atoms with Gasteiger partial charge in [0.15, 0.2) is 6.10 Å². The molecule has 5 aliphatic rings. The number of nitrogens with zero attached hydrogens (tertiary/aromatic N) is 3. The molecule has 2 N–H and O–H groups in total. The zero-order valence-corrected chi connectivity index (χ0v) is 21.0. The first kappa shape index (κ1) is 25.4. The van der Waals surface area contributed by atoms with Crippen molar-refractivity contribution >= 4 is 23.4 Å². The Kier molecular flexibility index (Phi) is 5.93. The number of aliphatic hydroxyl groups is 1. The number of amides is 2. The van der Waals surface area contributed by atoms with Crippen LogP contribution in [0, 0.1) is 0 Å². The molecule has 2 aliphatic heterocycles. The smallest absolute Gasteiger partial charge is 0.480 e. The van der Waals surface area contributed by atoms with Crippen molar-refractivity contribution in [3.63, 3.8) is 0 Å². The van der Waals surface area contributed by atoms with Crippen LogP contribution in [0.2, 0.25) is 5.02 Å². The molecule has 3 aliphatic carbocycles. The van der Waals surface area contributed by atoms with E-state index in [9.17, 15) is 27.9 Å². The second-order valence-electron chi connectivity index (χ2n) is 10.8. The number of nitrogens with one attached hydrogen (secondary N) is 1. The molecule has 38 heavy (non-hydrogen) atoms. The van der Waals surface area contributed by atoms with Gasteiger partial charge in [-0.1, -0.05) is 11.6 Å². The van der Waals surface area contributed by atoms with Gasteiger partial charge < -0.3 is 24.6 Å². The van der Waals surface area contributed by atoms with Crippen LogP contribution in [-0.4, -0.2) is 68.6 Å². The predicted molar refractivity (Wildman–Crippen MR) is 126 cm³/mol. The zero-order chi connectivity index (χ0) is 26.9. The van der Waals surface area contributed by atoms with E-state index in [1.165, 1.54) is 4.90 Å². The first-order valence-electron chi connectivity index (χ1n) is 12.5. The SMILES string of the molecule is O=C(NC12CC(n3cnc(C(=O)N4CCC[C@@H](OC(F)(F)F)C4)c3)(C1)C2)[C@H]1C[C@@H](O)c2cc(Cl)ccc2O1. The van der Waals surface area contributed by atoms with Crippen molar-refractivity contribution in [3.8, 4) is 5.75 Å². The predicted octanol–water partition coefficient (Wildman–Crippen LogP) is 3.31. The Morgan fingerprint density at radius 2 is 2.03 bits per heavy atom. The van der Waals surface area contributed by atoms with Gasteiger partial charge in [0, 0.05) is 41.8 Å². The van der Waals surface area contributed by atoms with Crippen molar-refractivity contribution in [1.29, 1.82) is 0 Å². The van der Waals surface area contributed by atoms with E-state index in [0.717, 1.165) is 0 Å². The molecule has 1 aromatic carbocycles. The number of alkyl halides is 3. The molecule has 13 heteroatoms. The number of carbonyl (C=O) groups excluding carboxylic acids is 2. The van der Waals surface area contributed by atoms with Crippen molar-refractivity contribution in [2.24, 2.45) is 0 Å². The highest BCUT2D eigenvalue weighted by molar-refractivity contribution is 6.30. The number of piperidine rings is 1. The van der Waals surface area contributed by atoms with E-state index in [2.05, 4.69) is 15.0 Å². The van der Waals surface area contributed by atoms with Crippen LogP contribution >= 0.6 is 11.6 Å². The minimum absolute atomic E-state index is 0.124. The number of fused-ring (bicyclic) bond motifs is 1. The van der Waals surface area contributed by atoms with E-state index < -0.39 is 30.6 Å². The lowest BCUT2D eigenvalue weighted by molar-refractivity contribution is -0.345. The lowest BCUT2D eigenvalue weighted by atomic mass is 9.44. The third-order valence-corrected chi connectivity index (χ3v) is 8.27. The summed E-state index contributed by atoms with van der Waals surface area (Å²) in [4.78, 5) is 31.4. The maximum atomic E-state index is 13.0. The van der Waals surface area contributed by atoms with E-state index in [1.807, 2.05) is 4.57 Å². The van der Waals surface area contributed by atoms with E-state index in [0.29, 0.717) is 48.6 Å². The van der Waals surface area contributed by atoms with E-state index in [-0.39, 0.29) is 42.1 Å². The zero-order valence-electron chi connectivity index (χ0n) is 20.2. The van der Waals surface area contributed by atoms with Crippen LogP contribution in [-0.2, 0) is 15.1 Å². The van der Waals surface area contributed by atoms with Gasteiger partial charge in [-0.25, -0.2) is 4.98 Å². The van der Waals surface area contributed by atoms with Gasteiger partial charge in [-0.3, -0.25) is 14.3 Å². The highest BCUT2D eigenvalue weighted by atomic mass is 35.5. The minimum atomic E-state index is -4.74. The molecular formula is C25H26ClF3N4O5. The van der Waals surface area contributed by atoms with E-state index in [1.54, 1.807) is 30.7 Å². The lowest BCUT2D eigenvalue weighted by Gasteiger charge is -2.70. The summed E-state index contributed by atoms with van der Waals surface area (Å²) in [6.07, 6.45) is -1.57. The van der Waals surface area contributed by atoms with Gasteiger partial charge >= 0.3 is 6.36 Å². The fourth-order valence-electron chi connectivity index (χ4n) is 6.32. The molecule has 2 bridgehead atoms. The lowest BCUT2D eigenvalue weighted by Crippen LogP contribution is -2.79. The molecule has 1 saturated heterocycles. The monoisotopic (exact) mass is 554 g/mol. The van der Waals surface area contributed by atoms with Crippen molar-refractivity contribution in [1.82, 2.24) is 19.8 Å². The number of aliphatic hydroxyl groups excluding tert-OH is 1. The second kappa shape index (κ2) is 8.85. The van der Waals surface area contributed by atoms with Crippen LogP contribution in [0.4, 0.5) is 13.2 Å². The number of hydrogen-bond donors (Lipinski definition) is 2.